The van der Waals surface area contributed by atoms with Crippen LogP contribution < -0.4 is 5.32 Å². The summed E-state index contributed by atoms with van der Waals surface area (Å²) in [5, 5.41) is 3.73. The van der Waals surface area contributed by atoms with Crippen molar-refractivity contribution >= 4 is 29.1 Å². The molecule has 1 amide bonds. The minimum absolute atomic E-state index is 0.00277. The Morgan fingerprint density at radius 2 is 1.82 bits per heavy atom. The number of benzene rings is 2. The van der Waals surface area contributed by atoms with Crippen LogP contribution in [0, 0.1) is 0 Å². The summed E-state index contributed by atoms with van der Waals surface area (Å²) in [6.45, 7) is 1.83. The zero-order chi connectivity index (χ0) is 20.3. The monoisotopic (exact) mass is 430 g/mol. The highest BCUT2D eigenvalue weighted by molar-refractivity contribution is 6.36. The van der Waals surface area contributed by atoms with Crippen LogP contribution in [0.1, 0.15) is 34.3 Å². The molecule has 1 aliphatic heterocycles. The first-order valence-corrected chi connectivity index (χ1v) is 9.62. The second-order valence-electron chi connectivity index (χ2n) is 6.85. The van der Waals surface area contributed by atoms with E-state index in [0.717, 1.165) is 18.9 Å². The Morgan fingerprint density at radius 3 is 2.46 bits per heavy atom. The molecule has 0 bridgehead atoms. The van der Waals surface area contributed by atoms with E-state index in [1.54, 1.807) is 18.2 Å². The molecule has 1 heterocycles. The van der Waals surface area contributed by atoms with Gasteiger partial charge in [0, 0.05) is 30.7 Å². The maximum Gasteiger partial charge on any atom is 0.416 e. The fraction of sp³-hybridized carbons (Fsp3) is 0.350. The second kappa shape index (κ2) is 8.72. The number of alkyl halides is 3. The summed E-state index contributed by atoms with van der Waals surface area (Å²) in [6.07, 6.45) is -2.90. The van der Waals surface area contributed by atoms with Gasteiger partial charge in [-0.15, -0.1) is 0 Å². The molecule has 0 spiro atoms. The number of carbonyl (C=O) groups excluding carboxylic acids is 1. The molecule has 150 valence electrons. The van der Waals surface area contributed by atoms with Gasteiger partial charge in [0.2, 0.25) is 0 Å². The molecule has 1 N–H and O–H groups in total. The van der Waals surface area contributed by atoms with Crippen molar-refractivity contribution in [3.8, 4) is 0 Å². The number of halogens is 5. The SMILES string of the molecule is O=C(NC1CCN(Cc2cccc(C(F)(F)F)c2)CC1)c1ccc(Cl)cc1Cl. The van der Waals surface area contributed by atoms with Crippen LogP contribution in [-0.4, -0.2) is 29.9 Å². The van der Waals surface area contributed by atoms with E-state index >= 15 is 0 Å². The Hall–Kier alpha value is -1.76. The van der Waals surface area contributed by atoms with E-state index < -0.39 is 11.7 Å². The van der Waals surface area contributed by atoms with Crippen LogP contribution in [0.3, 0.4) is 0 Å². The molecule has 8 heteroatoms. The maximum atomic E-state index is 12.8. The lowest BCUT2D eigenvalue weighted by atomic mass is 10.0. The Bertz CT molecular complexity index is 850. The molecule has 3 rings (SSSR count). The normalized spacial score (nSPS) is 16.2. The van der Waals surface area contributed by atoms with Gasteiger partial charge in [0.05, 0.1) is 16.1 Å². The minimum atomic E-state index is -4.34. The maximum absolute atomic E-state index is 12.8. The minimum Gasteiger partial charge on any atom is -0.349 e. The lowest BCUT2D eigenvalue weighted by Gasteiger charge is -2.32. The Balaban J connectivity index is 1.53. The summed E-state index contributed by atoms with van der Waals surface area (Å²) < 4.78 is 38.5. The fourth-order valence-electron chi connectivity index (χ4n) is 3.28. The Kier molecular flexibility index (Phi) is 6.53. The molecule has 0 saturated carbocycles. The Labute approximate surface area is 171 Å². The van der Waals surface area contributed by atoms with E-state index in [4.69, 9.17) is 23.2 Å². The third-order valence-electron chi connectivity index (χ3n) is 4.76. The van der Waals surface area contributed by atoms with Crippen LogP contribution in [0.15, 0.2) is 42.5 Å². The molecule has 0 aliphatic carbocycles. The van der Waals surface area contributed by atoms with Crippen molar-refractivity contribution in [2.75, 3.05) is 13.1 Å². The van der Waals surface area contributed by atoms with Crippen molar-refractivity contribution in [2.45, 2.75) is 31.6 Å². The van der Waals surface area contributed by atoms with Gasteiger partial charge >= 0.3 is 6.18 Å². The first kappa shape index (κ1) is 21.0. The summed E-state index contributed by atoms with van der Waals surface area (Å²) in [5.41, 5.74) is 0.370. The molecular weight excluding hydrogens is 412 g/mol. The lowest BCUT2D eigenvalue weighted by Crippen LogP contribution is -2.44. The van der Waals surface area contributed by atoms with Gasteiger partial charge in [-0.2, -0.15) is 13.2 Å². The van der Waals surface area contributed by atoms with Crippen LogP contribution in [0.5, 0.6) is 0 Å². The molecule has 3 nitrogen and oxygen atoms in total. The molecule has 0 unspecified atom stereocenters. The van der Waals surface area contributed by atoms with E-state index in [1.165, 1.54) is 18.2 Å². The van der Waals surface area contributed by atoms with E-state index in [2.05, 4.69) is 10.2 Å². The second-order valence-corrected chi connectivity index (χ2v) is 7.69. The van der Waals surface area contributed by atoms with Gasteiger partial charge in [0.25, 0.3) is 5.91 Å². The molecule has 1 saturated heterocycles. The van der Waals surface area contributed by atoms with Crippen molar-refractivity contribution in [2.24, 2.45) is 0 Å². The van der Waals surface area contributed by atoms with Crippen LogP contribution in [0.2, 0.25) is 10.0 Å². The van der Waals surface area contributed by atoms with Gasteiger partial charge in [-0.05, 0) is 42.7 Å². The van der Waals surface area contributed by atoms with E-state index in [0.29, 0.717) is 40.8 Å². The molecular formula is C20H19Cl2F3N2O. The van der Waals surface area contributed by atoms with Gasteiger partial charge in [0.15, 0.2) is 0 Å². The van der Waals surface area contributed by atoms with Gasteiger partial charge in [-0.1, -0.05) is 41.4 Å². The molecule has 2 aromatic carbocycles. The Morgan fingerprint density at radius 1 is 1.11 bits per heavy atom. The average Bonchev–Trinajstić information content (AvgIpc) is 2.63. The number of nitrogens with zero attached hydrogens (tertiary/aromatic N) is 1. The van der Waals surface area contributed by atoms with E-state index in [1.807, 2.05) is 0 Å². The summed E-state index contributed by atoms with van der Waals surface area (Å²) >= 11 is 11.9. The fourth-order valence-corrected chi connectivity index (χ4v) is 3.77. The highest BCUT2D eigenvalue weighted by Gasteiger charge is 2.30. The molecule has 0 atom stereocenters. The van der Waals surface area contributed by atoms with E-state index in [-0.39, 0.29) is 11.9 Å². The zero-order valence-corrected chi connectivity index (χ0v) is 16.4. The van der Waals surface area contributed by atoms with Gasteiger partial charge in [-0.25, -0.2) is 0 Å². The van der Waals surface area contributed by atoms with Crippen molar-refractivity contribution in [3.63, 3.8) is 0 Å². The molecule has 0 aromatic heterocycles. The van der Waals surface area contributed by atoms with Crippen LogP contribution in [0.4, 0.5) is 13.2 Å². The molecule has 1 aliphatic rings. The number of hydrogen-bond acceptors (Lipinski definition) is 2. The number of amides is 1. The summed E-state index contributed by atoms with van der Waals surface area (Å²) in [4.78, 5) is 14.5. The summed E-state index contributed by atoms with van der Waals surface area (Å²) in [6, 6.07) is 10.1. The lowest BCUT2D eigenvalue weighted by molar-refractivity contribution is -0.137. The zero-order valence-electron chi connectivity index (χ0n) is 14.9. The van der Waals surface area contributed by atoms with Crippen molar-refractivity contribution in [3.05, 3.63) is 69.2 Å². The predicted octanol–water partition coefficient (Wildman–Crippen LogP) is 5.41. The number of piperidine rings is 1. The highest BCUT2D eigenvalue weighted by atomic mass is 35.5. The molecule has 1 fully saturated rings. The standard InChI is InChI=1S/C20H19Cl2F3N2O/c21-15-4-5-17(18(22)11-15)19(28)26-16-6-8-27(9-7-16)12-13-2-1-3-14(10-13)20(23,24)25/h1-5,10-11,16H,6-9,12H2,(H,26,28). The van der Waals surface area contributed by atoms with Crippen LogP contribution in [0.25, 0.3) is 0 Å². The molecule has 0 radical (unpaired) electrons. The third kappa shape index (κ3) is 5.40. The number of nitrogens with one attached hydrogen (secondary N) is 1. The smallest absolute Gasteiger partial charge is 0.349 e. The van der Waals surface area contributed by atoms with Crippen LogP contribution in [-0.2, 0) is 12.7 Å². The van der Waals surface area contributed by atoms with Gasteiger partial charge < -0.3 is 5.32 Å². The van der Waals surface area contributed by atoms with Crippen LogP contribution >= 0.6 is 23.2 Å². The number of carbonyl (C=O) groups is 1. The molecule has 2 aromatic rings. The number of likely N-dealkylation sites (tertiary alicyclic amines) is 1. The van der Waals surface area contributed by atoms with Crippen molar-refractivity contribution in [1.82, 2.24) is 10.2 Å². The predicted molar refractivity (Wildman–Crippen MR) is 104 cm³/mol. The highest BCUT2D eigenvalue weighted by Crippen LogP contribution is 2.30. The quantitative estimate of drug-likeness (QED) is 0.703. The molecule has 28 heavy (non-hydrogen) atoms. The summed E-state index contributed by atoms with van der Waals surface area (Å²) in [7, 11) is 0. The van der Waals surface area contributed by atoms with Gasteiger partial charge in [-0.3, -0.25) is 9.69 Å². The average molecular weight is 431 g/mol. The largest absolute Gasteiger partial charge is 0.416 e. The topological polar surface area (TPSA) is 32.3 Å². The first-order chi connectivity index (χ1) is 13.2. The first-order valence-electron chi connectivity index (χ1n) is 8.87. The van der Waals surface area contributed by atoms with Crippen molar-refractivity contribution in [1.29, 1.82) is 0 Å². The third-order valence-corrected chi connectivity index (χ3v) is 5.31. The van der Waals surface area contributed by atoms with Gasteiger partial charge in [0.1, 0.15) is 0 Å². The van der Waals surface area contributed by atoms with E-state index in [9.17, 15) is 18.0 Å². The number of rotatable bonds is 4. The number of hydrogen-bond donors (Lipinski definition) is 1. The van der Waals surface area contributed by atoms with Crippen molar-refractivity contribution < 1.29 is 18.0 Å². The summed E-state index contributed by atoms with van der Waals surface area (Å²) in [5.74, 6) is -0.252.